The Labute approximate surface area is 144 Å². The van der Waals surface area contributed by atoms with Gasteiger partial charge in [-0.25, -0.2) is 0 Å². The molecule has 1 aromatic rings. The first-order valence-corrected chi connectivity index (χ1v) is 9.15. The van der Waals surface area contributed by atoms with Gasteiger partial charge in [-0.05, 0) is 45.7 Å². The van der Waals surface area contributed by atoms with Gasteiger partial charge in [0.1, 0.15) is 18.3 Å². The van der Waals surface area contributed by atoms with Gasteiger partial charge >= 0.3 is 0 Å². The number of hydrogen-bond acceptors (Lipinski definition) is 5. The first kappa shape index (κ1) is 17.4. The van der Waals surface area contributed by atoms with Crippen molar-refractivity contribution in [1.29, 1.82) is 0 Å². The first-order valence-electron chi connectivity index (χ1n) is 9.15. The topological polar surface area (TPSA) is 63.5 Å². The molecule has 1 amide bonds. The summed E-state index contributed by atoms with van der Waals surface area (Å²) in [7, 11) is 2.08. The van der Waals surface area contributed by atoms with Crippen molar-refractivity contribution in [3.8, 4) is 0 Å². The van der Waals surface area contributed by atoms with Crippen LogP contribution in [-0.2, 0) is 23.1 Å². The zero-order valence-electron chi connectivity index (χ0n) is 14.9. The highest BCUT2D eigenvalue weighted by atomic mass is 16.5. The van der Waals surface area contributed by atoms with Crippen LogP contribution in [0.25, 0.3) is 0 Å². The fourth-order valence-electron chi connectivity index (χ4n) is 3.68. The molecule has 7 heteroatoms. The second-order valence-corrected chi connectivity index (χ2v) is 6.81. The van der Waals surface area contributed by atoms with Gasteiger partial charge in [0.2, 0.25) is 5.91 Å². The van der Waals surface area contributed by atoms with Crippen molar-refractivity contribution in [3.05, 3.63) is 11.6 Å². The molecule has 134 valence electrons. The third kappa shape index (κ3) is 3.95. The molecule has 3 heterocycles. The lowest BCUT2D eigenvalue weighted by atomic mass is 9.96. The van der Waals surface area contributed by atoms with Crippen LogP contribution in [0.3, 0.4) is 0 Å². The van der Waals surface area contributed by atoms with Crippen LogP contribution >= 0.6 is 0 Å². The molecule has 3 rings (SSSR count). The van der Waals surface area contributed by atoms with Crippen LogP contribution < -0.4 is 0 Å². The predicted molar refractivity (Wildman–Crippen MR) is 90.6 cm³/mol. The maximum Gasteiger partial charge on any atom is 0.248 e. The zero-order chi connectivity index (χ0) is 16.9. The van der Waals surface area contributed by atoms with Gasteiger partial charge in [0.25, 0.3) is 0 Å². The van der Waals surface area contributed by atoms with E-state index in [0.29, 0.717) is 12.5 Å². The van der Waals surface area contributed by atoms with Gasteiger partial charge in [0, 0.05) is 32.7 Å². The lowest BCUT2D eigenvalue weighted by molar-refractivity contribution is -0.137. The van der Waals surface area contributed by atoms with Crippen LogP contribution in [0.5, 0.6) is 0 Å². The largest absolute Gasteiger partial charge is 0.372 e. The summed E-state index contributed by atoms with van der Waals surface area (Å²) in [4.78, 5) is 16.4. The summed E-state index contributed by atoms with van der Waals surface area (Å²) in [6, 6.07) is 0. The number of carbonyl (C=O) groups excluding carboxylic acids is 1. The third-order valence-corrected chi connectivity index (χ3v) is 5.20. The lowest BCUT2D eigenvalue weighted by Crippen LogP contribution is -2.40. The SMILES string of the molecule is CCOCC(=O)N1CCC(c2nnc(CN3CCCC3)n2C)CC1. The number of nitrogens with zero attached hydrogens (tertiary/aromatic N) is 5. The fraction of sp³-hybridized carbons (Fsp3) is 0.824. The first-order chi connectivity index (χ1) is 11.7. The van der Waals surface area contributed by atoms with E-state index in [4.69, 9.17) is 4.74 Å². The number of carbonyl (C=O) groups is 1. The number of piperidine rings is 1. The molecule has 24 heavy (non-hydrogen) atoms. The van der Waals surface area contributed by atoms with Gasteiger partial charge in [-0.15, -0.1) is 10.2 Å². The Morgan fingerprint density at radius 1 is 1.17 bits per heavy atom. The molecule has 0 aliphatic carbocycles. The van der Waals surface area contributed by atoms with Crippen molar-refractivity contribution >= 4 is 5.91 Å². The number of aromatic nitrogens is 3. The highest BCUT2D eigenvalue weighted by Gasteiger charge is 2.27. The molecule has 7 nitrogen and oxygen atoms in total. The highest BCUT2D eigenvalue weighted by molar-refractivity contribution is 5.77. The molecule has 0 N–H and O–H groups in total. The standard InChI is InChI=1S/C17H29N5O2/c1-3-24-13-16(23)22-10-6-14(7-11-22)17-19-18-15(20(17)2)12-21-8-4-5-9-21/h14H,3-13H2,1-2H3. The minimum absolute atomic E-state index is 0.1000. The van der Waals surface area contributed by atoms with E-state index in [0.717, 1.165) is 44.1 Å². The van der Waals surface area contributed by atoms with E-state index in [1.807, 2.05) is 11.8 Å². The predicted octanol–water partition coefficient (Wildman–Crippen LogP) is 1.15. The maximum absolute atomic E-state index is 12.0. The number of likely N-dealkylation sites (tertiary alicyclic amines) is 2. The minimum atomic E-state index is 0.1000. The minimum Gasteiger partial charge on any atom is -0.372 e. The van der Waals surface area contributed by atoms with Crippen molar-refractivity contribution in [2.24, 2.45) is 7.05 Å². The average Bonchev–Trinajstić information content (AvgIpc) is 3.24. The Balaban J connectivity index is 1.54. The molecule has 2 aliphatic rings. The van der Waals surface area contributed by atoms with Crippen LogP contribution in [0.1, 0.15) is 50.2 Å². The van der Waals surface area contributed by atoms with E-state index in [9.17, 15) is 4.79 Å². The van der Waals surface area contributed by atoms with E-state index >= 15 is 0 Å². The number of rotatable bonds is 6. The monoisotopic (exact) mass is 335 g/mol. The molecule has 0 radical (unpaired) electrons. The Hall–Kier alpha value is -1.47. The summed E-state index contributed by atoms with van der Waals surface area (Å²) in [5, 5.41) is 8.88. The third-order valence-electron chi connectivity index (χ3n) is 5.20. The summed E-state index contributed by atoms with van der Waals surface area (Å²) in [5.74, 6) is 2.62. The van der Waals surface area contributed by atoms with Crippen LogP contribution in [0.15, 0.2) is 0 Å². The van der Waals surface area contributed by atoms with Crippen LogP contribution in [-0.4, -0.2) is 69.9 Å². The Morgan fingerprint density at radius 2 is 1.88 bits per heavy atom. The highest BCUT2D eigenvalue weighted by Crippen LogP contribution is 2.27. The van der Waals surface area contributed by atoms with Crippen molar-refractivity contribution in [2.45, 2.75) is 45.1 Å². The summed E-state index contributed by atoms with van der Waals surface area (Å²) in [6.45, 7) is 7.50. The molecule has 0 bridgehead atoms. The van der Waals surface area contributed by atoms with Gasteiger partial charge in [-0.3, -0.25) is 9.69 Å². The van der Waals surface area contributed by atoms with Crippen LogP contribution in [0, 0.1) is 0 Å². The molecule has 0 atom stereocenters. The van der Waals surface area contributed by atoms with Gasteiger partial charge in [0.05, 0.1) is 6.54 Å². The summed E-state index contributed by atoms with van der Waals surface area (Å²) in [6.07, 6.45) is 4.49. The average molecular weight is 335 g/mol. The van der Waals surface area contributed by atoms with E-state index in [1.54, 1.807) is 0 Å². The smallest absolute Gasteiger partial charge is 0.248 e. The number of amides is 1. The second-order valence-electron chi connectivity index (χ2n) is 6.81. The zero-order valence-corrected chi connectivity index (χ0v) is 14.9. The number of hydrogen-bond donors (Lipinski definition) is 0. The van der Waals surface area contributed by atoms with Crippen LogP contribution in [0.4, 0.5) is 0 Å². The summed E-state index contributed by atoms with van der Waals surface area (Å²) in [5.41, 5.74) is 0. The van der Waals surface area contributed by atoms with Crippen molar-refractivity contribution < 1.29 is 9.53 Å². The molecule has 0 aromatic carbocycles. The second kappa shape index (κ2) is 8.07. The van der Waals surface area contributed by atoms with Gasteiger partial charge in [-0.2, -0.15) is 0 Å². The molecule has 0 spiro atoms. The molecule has 0 unspecified atom stereocenters. The lowest BCUT2D eigenvalue weighted by Gasteiger charge is -2.31. The molecule has 1 aromatic heterocycles. The van der Waals surface area contributed by atoms with Crippen molar-refractivity contribution in [3.63, 3.8) is 0 Å². The summed E-state index contributed by atoms with van der Waals surface area (Å²) < 4.78 is 7.39. The fourth-order valence-corrected chi connectivity index (χ4v) is 3.68. The van der Waals surface area contributed by atoms with Gasteiger partial charge in [-0.1, -0.05) is 0 Å². The number of ether oxygens (including phenoxy) is 1. The molecule has 2 aliphatic heterocycles. The molecular weight excluding hydrogens is 306 g/mol. The van der Waals surface area contributed by atoms with Crippen molar-refractivity contribution in [2.75, 3.05) is 39.4 Å². The molecule has 0 saturated carbocycles. The molecular formula is C17H29N5O2. The Kier molecular flexibility index (Phi) is 5.84. The Morgan fingerprint density at radius 3 is 2.54 bits per heavy atom. The van der Waals surface area contributed by atoms with Crippen molar-refractivity contribution in [1.82, 2.24) is 24.6 Å². The van der Waals surface area contributed by atoms with Crippen LogP contribution in [0.2, 0.25) is 0 Å². The molecule has 2 fully saturated rings. The molecule has 2 saturated heterocycles. The van der Waals surface area contributed by atoms with Gasteiger partial charge < -0.3 is 14.2 Å². The maximum atomic E-state index is 12.0. The Bertz CT molecular complexity index is 545. The van der Waals surface area contributed by atoms with Gasteiger partial charge in [0.15, 0.2) is 0 Å². The van der Waals surface area contributed by atoms with E-state index in [-0.39, 0.29) is 12.5 Å². The quantitative estimate of drug-likeness (QED) is 0.780. The van der Waals surface area contributed by atoms with E-state index in [1.165, 1.54) is 25.9 Å². The van der Waals surface area contributed by atoms with E-state index in [2.05, 4.69) is 26.7 Å². The summed E-state index contributed by atoms with van der Waals surface area (Å²) >= 11 is 0. The normalized spacial score (nSPS) is 20.0. The van der Waals surface area contributed by atoms with E-state index < -0.39 is 0 Å².